The first-order valence-corrected chi connectivity index (χ1v) is 7.82. The van der Waals surface area contributed by atoms with E-state index in [2.05, 4.69) is 0 Å². The molecular weight excluding hydrogens is 302 g/mol. The third-order valence-corrected chi connectivity index (χ3v) is 3.29. The Morgan fingerprint density at radius 2 is 1.30 bits per heavy atom. The fourth-order valence-electron chi connectivity index (χ4n) is 2.10. The highest BCUT2D eigenvalue weighted by molar-refractivity contribution is 5.95. The number of carbonyl (C=O) groups is 3. The normalized spacial score (nSPS) is 12.9. The van der Waals surface area contributed by atoms with Crippen LogP contribution in [0, 0.1) is 29.1 Å². The molecule has 0 spiro atoms. The minimum absolute atomic E-state index is 0.158. The largest absolute Gasteiger partial charge is 0.465 e. The van der Waals surface area contributed by atoms with E-state index in [1.165, 1.54) is 0 Å². The molecule has 0 aliphatic heterocycles. The second-order valence-corrected chi connectivity index (χ2v) is 4.97. The number of hydrogen-bond donors (Lipinski definition) is 0. The standard InChI is InChI=1S/C16H25NO6/c1-5-21-14(18)12(10-17)9-8-11(4)13(15(19)22-6-2)16(20)23-7-3/h11-13H,5-9H2,1-4H3. The lowest BCUT2D eigenvalue weighted by Gasteiger charge is -2.21. The van der Waals surface area contributed by atoms with Gasteiger partial charge in [0, 0.05) is 0 Å². The molecule has 23 heavy (non-hydrogen) atoms. The van der Waals surface area contributed by atoms with Crippen LogP contribution in [0.3, 0.4) is 0 Å². The third-order valence-electron chi connectivity index (χ3n) is 3.29. The zero-order chi connectivity index (χ0) is 17.8. The number of esters is 3. The molecule has 0 amide bonds. The van der Waals surface area contributed by atoms with Crippen LogP contribution in [-0.4, -0.2) is 37.7 Å². The SMILES string of the molecule is CCOC(=O)C(C#N)CCC(C)C(C(=O)OCC)C(=O)OCC. The van der Waals surface area contributed by atoms with Gasteiger partial charge in [-0.1, -0.05) is 6.92 Å². The van der Waals surface area contributed by atoms with Crippen LogP contribution in [0.25, 0.3) is 0 Å². The van der Waals surface area contributed by atoms with Crippen molar-refractivity contribution in [2.75, 3.05) is 19.8 Å². The summed E-state index contributed by atoms with van der Waals surface area (Å²) in [4.78, 5) is 35.5. The highest BCUT2D eigenvalue weighted by atomic mass is 16.6. The lowest BCUT2D eigenvalue weighted by molar-refractivity contribution is -0.164. The molecular formula is C16H25NO6. The van der Waals surface area contributed by atoms with Gasteiger partial charge in [0.2, 0.25) is 0 Å². The quantitative estimate of drug-likeness (QED) is 0.342. The molecule has 7 heteroatoms. The molecule has 0 aliphatic carbocycles. The van der Waals surface area contributed by atoms with Gasteiger partial charge in [-0.05, 0) is 39.5 Å². The van der Waals surface area contributed by atoms with Crippen LogP contribution >= 0.6 is 0 Å². The van der Waals surface area contributed by atoms with Crippen LogP contribution in [0.15, 0.2) is 0 Å². The summed E-state index contributed by atoms with van der Waals surface area (Å²) in [6.45, 7) is 7.16. The average molecular weight is 327 g/mol. The zero-order valence-corrected chi connectivity index (χ0v) is 14.2. The third kappa shape index (κ3) is 7.13. The average Bonchev–Trinajstić information content (AvgIpc) is 2.48. The molecule has 0 saturated carbocycles. The minimum Gasteiger partial charge on any atom is -0.465 e. The Bertz CT molecular complexity index is 424. The van der Waals surface area contributed by atoms with E-state index in [1.54, 1.807) is 27.7 Å². The molecule has 0 heterocycles. The molecule has 0 aromatic heterocycles. The number of ether oxygens (including phenoxy) is 3. The lowest BCUT2D eigenvalue weighted by atomic mass is 9.87. The predicted octanol–water partition coefficient (Wildman–Crippen LogP) is 1.85. The highest BCUT2D eigenvalue weighted by Crippen LogP contribution is 2.23. The molecule has 0 radical (unpaired) electrons. The molecule has 2 unspecified atom stereocenters. The van der Waals surface area contributed by atoms with Crippen molar-refractivity contribution in [2.45, 2.75) is 40.5 Å². The van der Waals surface area contributed by atoms with E-state index >= 15 is 0 Å². The van der Waals surface area contributed by atoms with Gasteiger partial charge in [-0.15, -0.1) is 0 Å². The number of carbonyl (C=O) groups excluding carboxylic acids is 3. The van der Waals surface area contributed by atoms with Crippen molar-refractivity contribution in [3.05, 3.63) is 0 Å². The Kier molecular flexibility index (Phi) is 10.4. The summed E-state index contributed by atoms with van der Waals surface area (Å²) < 4.78 is 14.6. The zero-order valence-electron chi connectivity index (χ0n) is 14.2. The van der Waals surface area contributed by atoms with Crippen LogP contribution in [0.1, 0.15) is 40.5 Å². The number of nitriles is 1. The van der Waals surface area contributed by atoms with Gasteiger partial charge < -0.3 is 14.2 Å². The summed E-state index contributed by atoms with van der Waals surface area (Å²) in [7, 11) is 0. The first kappa shape index (κ1) is 20.9. The van der Waals surface area contributed by atoms with E-state index in [4.69, 9.17) is 19.5 Å². The highest BCUT2D eigenvalue weighted by Gasteiger charge is 2.35. The van der Waals surface area contributed by atoms with E-state index in [0.29, 0.717) is 6.42 Å². The van der Waals surface area contributed by atoms with Crippen LogP contribution in [0.4, 0.5) is 0 Å². The summed E-state index contributed by atoms with van der Waals surface area (Å²) in [5, 5.41) is 9.03. The molecule has 0 N–H and O–H groups in total. The van der Waals surface area contributed by atoms with Gasteiger partial charge in [-0.25, -0.2) is 0 Å². The van der Waals surface area contributed by atoms with E-state index in [9.17, 15) is 14.4 Å². The first-order valence-electron chi connectivity index (χ1n) is 7.82. The van der Waals surface area contributed by atoms with Crippen LogP contribution < -0.4 is 0 Å². The Balaban J connectivity index is 4.85. The van der Waals surface area contributed by atoms with Gasteiger partial charge in [0.05, 0.1) is 25.9 Å². The first-order chi connectivity index (χ1) is 10.9. The fraction of sp³-hybridized carbons (Fsp3) is 0.750. The molecule has 0 aliphatic rings. The van der Waals surface area contributed by atoms with Crippen molar-refractivity contribution in [3.8, 4) is 6.07 Å². The van der Waals surface area contributed by atoms with Crippen LogP contribution in [0.5, 0.6) is 0 Å². The number of nitrogens with zero attached hydrogens (tertiary/aromatic N) is 1. The maximum Gasteiger partial charge on any atom is 0.323 e. The van der Waals surface area contributed by atoms with Crippen molar-refractivity contribution in [1.29, 1.82) is 5.26 Å². The fourth-order valence-corrected chi connectivity index (χ4v) is 2.10. The number of hydrogen-bond acceptors (Lipinski definition) is 7. The lowest BCUT2D eigenvalue weighted by Crippen LogP contribution is -2.34. The Morgan fingerprint density at radius 3 is 1.70 bits per heavy atom. The Labute approximate surface area is 136 Å². The van der Waals surface area contributed by atoms with Gasteiger partial charge in [-0.3, -0.25) is 14.4 Å². The van der Waals surface area contributed by atoms with Crippen molar-refractivity contribution in [3.63, 3.8) is 0 Å². The molecule has 2 atom stereocenters. The molecule has 0 rings (SSSR count). The van der Waals surface area contributed by atoms with Gasteiger partial charge >= 0.3 is 17.9 Å². The molecule has 7 nitrogen and oxygen atoms in total. The van der Waals surface area contributed by atoms with E-state index in [0.717, 1.165) is 0 Å². The van der Waals surface area contributed by atoms with Gasteiger partial charge in [0.25, 0.3) is 0 Å². The Morgan fingerprint density at radius 1 is 0.870 bits per heavy atom. The van der Waals surface area contributed by atoms with Crippen molar-refractivity contribution in [1.82, 2.24) is 0 Å². The van der Waals surface area contributed by atoms with Crippen molar-refractivity contribution < 1.29 is 28.6 Å². The predicted molar refractivity (Wildman–Crippen MR) is 80.9 cm³/mol. The van der Waals surface area contributed by atoms with E-state index in [-0.39, 0.29) is 26.2 Å². The monoisotopic (exact) mass is 327 g/mol. The maximum absolute atomic E-state index is 12.0. The van der Waals surface area contributed by atoms with E-state index < -0.39 is 35.7 Å². The molecule has 0 aromatic carbocycles. The Hall–Kier alpha value is -2.10. The molecule has 0 bridgehead atoms. The minimum atomic E-state index is -1.06. The van der Waals surface area contributed by atoms with Crippen molar-refractivity contribution in [2.24, 2.45) is 17.8 Å². The summed E-state index contributed by atoms with van der Waals surface area (Å²) >= 11 is 0. The van der Waals surface area contributed by atoms with Crippen LogP contribution in [0.2, 0.25) is 0 Å². The molecule has 130 valence electrons. The smallest absolute Gasteiger partial charge is 0.323 e. The van der Waals surface area contributed by atoms with E-state index in [1.807, 2.05) is 6.07 Å². The van der Waals surface area contributed by atoms with Gasteiger partial charge in [-0.2, -0.15) is 5.26 Å². The summed E-state index contributed by atoms with van der Waals surface area (Å²) in [6.07, 6.45) is 0.519. The van der Waals surface area contributed by atoms with Gasteiger partial charge in [0.15, 0.2) is 5.92 Å². The summed E-state index contributed by atoms with van der Waals surface area (Å²) in [6, 6.07) is 1.88. The summed E-state index contributed by atoms with van der Waals surface area (Å²) in [5.41, 5.74) is 0. The van der Waals surface area contributed by atoms with Crippen LogP contribution in [-0.2, 0) is 28.6 Å². The molecule has 0 aromatic rings. The molecule has 0 saturated heterocycles. The second kappa shape index (κ2) is 11.5. The second-order valence-electron chi connectivity index (χ2n) is 4.97. The van der Waals surface area contributed by atoms with Crippen molar-refractivity contribution >= 4 is 17.9 Å². The summed E-state index contributed by atoms with van der Waals surface area (Å²) in [5.74, 6) is -4.28. The molecule has 0 fully saturated rings. The maximum atomic E-state index is 12.0. The van der Waals surface area contributed by atoms with Gasteiger partial charge in [0.1, 0.15) is 5.92 Å². The number of rotatable bonds is 10. The topological polar surface area (TPSA) is 103 Å².